The Morgan fingerprint density at radius 1 is 0.500 bits per heavy atom. The van der Waals surface area contributed by atoms with Crippen molar-refractivity contribution in [1.29, 1.82) is 0 Å². The lowest BCUT2D eigenvalue weighted by Gasteiger charge is -2.09. The Morgan fingerprint density at radius 3 is 1.19 bits per heavy atom. The van der Waals surface area contributed by atoms with Gasteiger partial charge in [0.05, 0.1) is 11.4 Å². The van der Waals surface area contributed by atoms with Crippen molar-refractivity contribution in [3.63, 3.8) is 0 Å². The largest absolute Gasteiger partial charge is 0.256 e. The molecule has 4 aromatic carbocycles. The minimum absolute atomic E-state index is 0.960. The molecular weight excluding hydrogens is 388 g/mol. The van der Waals surface area contributed by atoms with Crippen LogP contribution in [0.5, 0.6) is 0 Å². The van der Waals surface area contributed by atoms with Gasteiger partial charge in [-0.25, -0.2) is 0 Å². The predicted octanol–water partition coefficient (Wildman–Crippen LogP) is 8.19. The summed E-state index contributed by atoms with van der Waals surface area (Å²) in [6.07, 6.45) is 3.99. The van der Waals surface area contributed by atoms with Crippen LogP contribution in [0.25, 0.3) is 10.8 Å². The summed E-state index contributed by atoms with van der Waals surface area (Å²) in [4.78, 5) is 9.75. The molecule has 160 valence electrons. The van der Waals surface area contributed by atoms with Gasteiger partial charge < -0.3 is 0 Å². The fourth-order valence-electron chi connectivity index (χ4n) is 4.56. The van der Waals surface area contributed by atoms with E-state index < -0.39 is 0 Å². The molecule has 2 heteroatoms. The molecule has 0 aliphatic heterocycles. The van der Waals surface area contributed by atoms with Gasteiger partial charge in [-0.2, -0.15) is 0 Å². The Balaban J connectivity index is 1.74. The van der Waals surface area contributed by atoms with E-state index in [4.69, 9.17) is 9.98 Å². The van der Waals surface area contributed by atoms with E-state index in [9.17, 15) is 0 Å². The fourth-order valence-corrected chi connectivity index (χ4v) is 4.56. The second-order valence-electron chi connectivity index (χ2n) is 8.79. The van der Waals surface area contributed by atoms with Gasteiger partial charge in [0, 0.05) is 23.2 Å². The van der Waals surface area contributed by atoms with Gasteiger partial charge >= 0.3 is 0 Å². The van der Waals surface area contributed by atoms with Gasteiger partial charge in [-0.05, 0) is 87.1 Å². The van der Waals surface area contributed by atoms with Crippen molar-refractivity contribution in [3.8, 4) is 0 Å². The number of aryl methyl sites for hydroxylation is 6. The van der Waals surface area contributed by atoms with Crippen LogP contribution in [0.1, 0.15) is 44.5 Å². The van der Waals surface area contributed by atoms with Crippen molar-refractivity contribution in [1.82, 2.24) is 0 Å². The zero-order valence-electron chi connectivity index (χ0n) is 19.8. The van der Waals surface area contributed by atoms with Crippen molar-refractivity contribution >= 4 is 34.6 Å². The molecule has 0 fully saturated rings. The Kier molecular flexibility index (Phi) is 6.05. The highest BCUT2D eigenvalue weighted by molar-refractivity contribution is 6.02. The number of rotatable bonds is 4. The maximum Gasteiger partial charge on any atom is 0.0709 e. The van der Waals surface area contributed by atoms with Gasteiger partial charge in [0.2, 0.25) is 0 Å². The molecular formula is C30H30N2. The first kappa shape index (κ1) is 21.7. The molecule has 0 bridgehead atoms. The van der Waals surface area contributed by atoms with E-state index >= 15 is 0 Å². The van der Waals surface area contributed by atoms with Crippen LogP contribution in [0, 0.1) is 41.5 Å². The Bertz CT molecular complexity index is 1220. The summed E-state index contributed by atoms with van der Waals surface area (Å²) in [5.74, 6) is 0. The van der Waals surface area contributed by atoms with E-state index in [-0.39, 0.29) is 0 Å². The standard InChI is InChI=1S/C30H30N2/c1-19-13-21(3)27(22(4)14-19)17-31-29-11-7-10-26-25(29)9-8-12-30(26)32-18-28-23(5)15-20(2)16-24(28)6/h7-18H,1-6H3. The van der Waals surface area contributed by atoms with E-state index in [1.807, 2.05) is 12.4 Å². The lowest BCUT2D eigenvalue weighted by atomic mass is 10.0. The number of hydrogen-bond acceptors (Lipinski definition) is 2. The SMILES string of the molecule is Cc1cc(C)c(C=Nc2cccc3c(N=Cc4c(C)cc(C)cc4C)cccc23)c(C)c1. The van der Waals surface area contributed by atoms with Gasteiger partial charge in [0.15, 0.2) is 0 Å². The number of fused-ring (bicyclic) bond motifs is 1. The van der Waals surface area contributed by atoms with Crippen LogP contribution in [0.15, 0.2) is 70.6 Å². The van der Waals surface area contributed by atoms with Crippen molar-refractivity contribution in [3.05, 3.63) is 105 Å². The molecule has 4 rings (SSSR count). The van der Waals surface area contributed by atoms with Crippen molar-refractivity contribution in [2.45, 2.75) is 41.5 Å². The summed E-state index contributed by atoms with van der Waals surface area (Å²) in [6.45, 7) is 12.8. The first-order valence-electron chi connectivity index (χ1n) is 11.1. The molecule has 4 aromatic rings. The van der Waals surface area contributed by atoms with Crippen LogP contribution in [-0.4, -0.2) is 12.4 Å². The van der Waals surface area contributed by atoms with Gasteiger partial charge in [-0.1, -0.05) is 59.7 Å². The third-order valence-electron chi connectivity index (χ3n) is 6.02. The second-order valence-corrected chi connectivity index (χ2v) is 8.79. The van der Waals surface area contributed by atoms with E-state index in [0.717, 1.165) is 22.1 Å². The lowest BCUT2D eigenvalue weighted by molar-refractivity contribution is 1.30. The smallest absolute Gasteiger partial charge is 0.0709 e. The first-order valence-corrected chi connectivity index (χ1v) is 11.1. The van der Waals surface area contributed by atoms with Crippen LogP contribution in [0.2, 0.25) is 0 Å². The van der Waals surface area contributed by atoms with E-state index in [1.54, 1.807) is 0 Å². The highest BCUT2D eigenvalue weighted by atomic mass is 14.7. The van der Waals surface area contributed by atoms with Crippen LogP contribution >= 0.6 is 0 Å². The minimum atomic E-state index is 0.960. The summed E-state index contributed by atoms with van der Waals surface area (Å²) in [5, 5.41) is 2.22. The molecule has 0 heterocycles. The summed E-state index contributed by atoms with van der Waals surface area (Å²) >= 11 is 0. The van der Waals surface area contributed by atoms with Crippen molar-refractivity contribution in [2.75, 3.05) is 0 Å². The predicted molar refractivity (Wildman–Crippen MR) is 140 cm³/mol. The zero-order chi connectivity index (χ0) is 22.8. The molecule has 0 N–H and O–H groups in total. The average molecular weight is 419 g/mol. The van der Waals surface area contributed by atoms with Gasteiger partial charge in [0.1, 0.15) is 0 Å². The monoisotopic (exact) mass is 418 g/mol. The number of benzene rings is 4. The minimum Gasteiger partial charge on any atom is -0.256 e. The molecule has 32 heavy (non-hydrogen) atoms. The number of aliphatic imine (C=N–C) groups is 2. The van der Waals surface area contributed by atoms with Crippen LogP contribution < -0.4 is 0 Å². The Hall–Kier alpha value is -3.52. The highest BCUT2D eigenvalue weighted by Gasteiger charge is 2.06. The van der Waals surface area contributed by atoms with Crippen LogP contribution in [-0.2, 0) is 0 Å². The van der Waals surface area contributed by atoms with E-state index in [2.05, 4.69) is 102 Å². The maximum atomic E-state index is 4.88. The van der Waals surface area contributed by atoms with Crippen molar-refractivity contribution in [2.24, 2.45) is 9.98 Å². The molecule has 0 unspecified atom stereocenters. The maximum absolute atomic E-state index is 4.88. The zero-order valence-corrected chi connectivity index (χ0v) is 19.8. The molecule has 0 aromatic heterocycles. The second kappa shape index (κ2) is 8.92. The van der Waals surface area contributed by atoms with Crippen LogP contribution in [0.3, 0.4) is 0 Å². The van der Waals surface area contributed by atoms with Gasteiger partial charge in [-0.15, -0.1) is 0 Å². The number of nitrogens with zero attached hydrogens (tertiary/aromatic N) is 2. The molecule has 0 aliphatic carbocycles. The van der Waals surface area contributed by atoms with Crippen LogP contribution in [0.4, 0.5) is 11.4 Å². The number of hydrogen-bond donors (Lipinski definition) is 0. The van der Waals surface area contributed by atoms with Gasteiger partial charge in [0.25, 0.3) is 0 Å². The molecule has 0 amide bonds. The third kappa shape index (κ3) is 4.40. The van der Waals surface area contributed by atoms with E-state index in [1.165, 1.54) is 44.5 Å². The third-order valence-corrected chi connectivity index (χ3v) is 6.02. The summed E-state index contributed by atoms with van der Waals surface area (Å²) in [5.41, 5.74) is 11.9. The van der Waals surface area contributed by atoms with Gasteiger partial charge in [-0.3, -0.25) is 9.98 Å². The van der Waals surface area contributed by atoms with Crippen molar-refractivity contribution < 1.29 is 0 Å². The fraction of sp³-hybridized carbons (Fsp3) is 0.200. The molecule has 2 nitrogen and oxygen atoms in total. The highest BCUT2D eigenvalue weighted by Crippen LogP contribution is 2.33. The molecule has 0 radical (unpaired) electrons. The molecule has 0 aliphatic rings. The first-order chi connectivity index (χ1) is 15.3. The summed E-state index contributed by atoms with van der Waals surface area (Å²) in [6, 6.07) is 21.3. The molecule has 0 spiro atoms. The Morgan fingerprint density at radius 2 is 0.844 bits per heavy atom. The molecule has 0 saturated carbocycles. The average Bonchev–Trinajstić information content (AvgIpc) is 2.72. The lowest BCUT2D eigenvalue weighted by Crippen LogP contribution is -1.93. The molecule has 0 saturated heterocycles. The summed E-state index contributed by atoms with van der Waals surface area (Å²) in [7, 11) is 0. The summed E-state index contributed by atoms with van der Waals surface area (Å²) < 4.78 is 0. The quantitative estimate of drug-likeness (QED) is 0.298. The topological polar surface area (TPSA) is 24.7 Å². The molecule has 0 atom stereocenters. The van der Waals surface area contributed by atoms with E-state index in [0.29, 0.717) is 0 Å². The Labute approximate surface area is 191 Å². The normalized spacial score (nSPS) is 11.8.